The minimum atomic E-state index is -8.70. The van der Waals surface area contributed by atoms with Crippen molar-refractivity contribution in [3.8, 4) is 0 Å². The number of alkyl halides is 18. The SMILES string of the molecule is NC(=O)OCC(Br)C(F)(F)C(F)(F)C(F)(F)C(F)(F)C(F)(F)C(F)(F)C(F)(F)C(F)(F)F. The van der Waals surface area contributed by atoms with Crippen molar-refractivity contribution in [1.82, 2.24) is 0 Å². The summed E-state index contributed by atoms with van der Waals surface area (Å²) in [6, 6.07) is 0. The van der Waals surface area contributed by atoms with Crippen molar-refractivity contribution in [2.75, 3.05) is 6.61 Å². The number of carbonyl (C=O) groups is 1. The van der Waals surface area contributed by atoms with Crippen molar-refractivity contribution in [2.24, 2.45) is 5.73 Å². The summed E-state index contributed by atoms with van der Waals surface area (Å²) in [6.07, 6.45) is -9.86. The van der Waals surface area contributed by atoms with E-state index in [-0.39, 0.29) is 0 Å². The van der Waals surface area contributed by atoms with Crippen LogP contribution in [0.3, 0.4) is 0 Å². The molecule has 1 amide bonds. The van der Waals surface area contributed by atoms with E-state index in [1.54, 1.807) is 0 Å². The van der Waals surface area contributed by atoms with E-state index in [0.29, 0.717) is 0 Å². The molecule has 0 heterocycles. The number of ether oxygens (including phenoxy) is 1. The van der Waals surface area contributed by atoms with Gasteiger partial charge in [0.2, 0.25) is 0 Å². The van der Waals surface area contributed by atoms with Crippen molar-refractivity contribution in [1.29, 1.82) is 0 Å². The first-order valence-electron chi connectivity index (χ1n) is 6.86. The van der Waals surface area contributed by atoms with Crippen LogP contribution in [0.5, 0.6) is 0 Å². The largest absolute Gasteiger partial charge is 0.460 e. The van der Waals surface area contributed by atoms with Crippen molar-refractivity contribution in [3.05, 3.63) is 0 Å². The Kier molecular flexibility index (Phi) is 7.74. The van der Waals surface area contributed by atoms with Gasteiger partial charge in [-0.2, -0.15) is 74.6 Å². The quantitative estimate of drug-likeness (QED) is 0.272. The molecule has 192 valence electrons. The van der Waals surface area contributed by atoms with Gasteiger partial charge in [0.1, 0.15) is 11.4 Å². The predicted octanol–water partition coefficient (Wildman–Crippen LogP) is 5.85. The Balaban J connectivity index is 6.62. The van der Waals surface area contributed by atoms with Crippen molar-refractivity contribution >= 4 is 22.0 Å². The predicted molar refractivity (Wildman–Crippen MR) is 68.9 cm³/mol. The zero-order chi connectivity index (χ0) is 26.6. The molecule has 0 saturated heterocycles. The molecule has 0 bridgehead atoms. The molecule has 0 aliphatic carbocycles. The average Bonchev–Trinajstić information content (AvgIpc) is 2.57. The molecule has 0 aromatic carbocycles. The Morgan fingerprint density at radius 3 is 1.19 bits per heavy atom. The highest BCUT2D eigenvalue weighted by Crippen LogP contribution is 2.64. The Bertz CT molecular complexity index is 703. The molecule has 0 aromatic heterocycles. The monoisotopic (exact) mass is 585 g/mol. The van der Waals surface area contributed by atoms with Crippen LogP contribution in [0.1, 0.15) is 0 Å². The Morgan fingerprint density at radius 2 is 0.906 bits per heavy atom. The van der Waals surface area contributed by atoms with Crippen LogP contribution >= 0.6 is 15.9 Å². The second kappa shape index (κ2) is 8.10. The van der Waals surface area contributed by atoms with E-state index in [9.17, 15) is 79.4 Å². The van der Waals surface area contributed by atoms with Crippen LogP contribution < -0.4 is 5.73 Å². The molecule has 32 heavy (non-hydrogen) atoms. The van der Waals surface area contributed by atoms with Crippen LogP contribution in [-0.2, 0) is 4.74 Å². The van der Waals surface area contributed by atoms with E-state index in [2.05, 4.69) is 10.5 Å². The Morgan fingerprint density at radius 1 is 0.625 bits per heavy atom. The van der Waals surface area contributed by atoms with Crippen molar-refractivity contribution in [3.63, 3.8) is 0 Å². The first kappa shape index (κ1) is 30.6. The molecule has 0 fully saturated rings. The van der Waals surface area contributed by atoms with Crippen LogP contribution in [0.25, 0.3) is 0 Å². The molecule has 0 aliphatic rings. The number of hydrogen-bond donors (Lipinski definition) is 1. The Labute approximate surface area is 172 Å². The van der Waals surface area contributed by atoms with E-state index < -0.39 is 65.2 Å². The molecular weight excluding hydrogens is 581 g/mol. The highest BCUT2D eigenvalue weighted by Gasteiger charge is 2.95. The standard InChI is InChI=1S/C11H5BrF17NO2/c12-2(1-32-3(30)31)4(13,14)5(15,16)6(17,18)7(19,20)8(21,22)9(23,24)10(25,26)11(27,28)29/h2H,1H2,(H2,30,31). The van der Waals surface area contributed by atoms with Crippen LogP contribution in [0.15, 0.2) is 0 Å². The number of carbonyl (C=O) groups excluding carboxylic acids is 1. The minimum absolute atomic E-state index is 1.43. The second-order valence-corrected chi connectivity index (χ2v) is 6.77. The van der Waals surface area contributed by atoms with E-state index in [4.69, 9.17) is 0 Å². The molecule has 0 aromatic rings. The summed E-state index contributed by atoms with van der Waals surface area (Å²) in [5.74, 6) is -57.2. The molecule has 0 spiro atoms. The molecule has 1 atom stereocenters. The Hall–Kier alpha value is -1.44. The molecule has 21 heteroatoms. The van der Waals surface area contributed by atoms with E-state index >= 15 is 0 Å². The molecule has 2 N–H and O–H groups in total. The number of nitrogens with two attached hydrogens (primary N) is 1. The zero-order valence-electron chi connectivity index (χ0n) is 14.0. The lowest BCUT2D eigenvalue weighted by Crippen LogP contribution is -2.75. The molecule has 0 rings (SSSR count). The van der Waals surface area contributed by atoms with Gasteiger partial charge in [-0.25, -0.2) is 4.79 Å². The maximum atomic E-state index is 13.6. The smallest absolute Gasteiger partial charge is 0.448 e. The first-order chi connectivity index (χ1) is 13.6. The fourth-order valence-corrected chi connectivity index (χ4v) is 2.05. The lowest BCUT2D eigenvalue weighted by Gasteiger charge is -2.43. The molecule has 1 unspecified atom stereocenters. The summed E-state index contributed by atoms with van der Waals surface area (Å²) in [5, 5.41) is 0. The van der Waals surface area contributed by atoms with Crippen LogP contribution in [0.2, 0.25) is 0 Å². The maximum absolute atomic E-state index is 13.6. The number of halogens is 18. The van der Waals surface area contributed by atoms with Crippen molar-refractivity contribution in [2.45, 2.75) is 52.5 Å². The molecule has 3 nitrogen and oxygen atoms in total. The van der Waals surface area contributed by atoms with Gasteiger partial charge in [0.25, 0.3) is 0 Å². The fourth-order valence-electron chi connectivity index (χ4n) is 1.63. The van der Waals surface area contributed by atoms with Crippen LogP contribution in [0, 0.1) is 0 Å². The van der Waals surface area contributed by atoms with Gasteiger partial charge in [-0.3, -0.25) is 0 Å². The second-order valence-electron chi connectivity index (χ2n) is 5.66. The average molecular weight is 586 g/mol. The maximum Gasteiger partial charge on any atom is 0.460 e. The number of amides is 1. The summed E-state index contributed by atoms with van der Waals surface area (Å²) < 4.78 is 225. The van der Waals surface area contributed by atoms with Gasteiger partial charge in [-0.15, -0.1) is 0 Å². The van der Waals surface area contributed by atoms with Crippen LogP contribution in [0.4, 0.5) is 79.4 Å². The van der Waals surface area contributed by atoms with Gasteiger partial charge in [0, 0.05) is 0 Å². The summed E-state index contributed by atoms with van der Waals surface area (Å²) in [6.45, 7) is -2.15. The number of rotatable bonds is 9. The van der Waals surface area contributed by atoms with Gasteiger partial charge in [0.05, 0.1) is 0 Å². The van der Waals surface area contributed by atoms with Crippen molar-refractivity contribution < 1.29 is 84.2 Å². The third-order valence-electron chi connectivity index (χ3n) is 3.51. The van der Waals surface area contributed by atoms with Crippen LogP contribution in [-0.4, -0.2) is 65.2 Å². The highest BCUT2D eigenvalue weighted by atomic mass is 79.9. The highest BCUT2D eigenvalue weighted by molar-refractivity contribution is 9.09. The van der Waals surface area contributed by atoms with Gasteiger partial charge in [-0.05, 0) is 0 Å². The molecule has 0 saturated carbocycles. The molecular formula is C11H5BrF17NO2. The minimum Gasteiger partial charge on any atom is -0.448 e. The third-order valence-corrected chi connectivity index (χ3v) is 4.35. The normalized spacial score (nSPS) is 16.7. The summed E-state index contributed by atoms with van der Waals surface area (Å²) in [7, 11) is 0. The van der Waals surface area contributed by atoms with Gasteiger partial charge >= 0.3 is 53.7 Å². The van der Waals surface area contributed by atoms with E-state index in [1.165, 1.54) is 15.9 Å². The van der Waals surface area contributed by atoms with E-state index in [1.807, 2.05) is 0 Å². The van der Waals surface area contributed by atoms with E-state index in [0.717, 1.165) is 0 Å². The lowest BCUT2D eigenvalue weighted by molar-refractivity contribution is -0.461. The number of hydrogen-bond acceptors (Lipinski definition) is 2. The van der Waals surface area contributed by atoms with Gasteiger partial charge < -0.3 is 10.5 Å². The molecule has 0 aliphatic heterocycles. The first-order valence-corrected chi connectivity index (χ1v) is 7.78. The third kappa shape index (κ3) is 4.12. The fraction of sp³-hybridized carbons (Fsp3) is 0.909. The lowest BCUT2D eigenvalue weighted by atomic mass is 9.88. The summed E-state index contributed by atoms with van der Waals surface area (Å²) in [4.78, 5) is 6.51. The molecule has 0 radical (unpaired) electrons. The topological polar surface area (TPSA) is 52.3 Å². The zero-order valence-corrected chi connectivity index (χ0v) is 15.6. The number of primary amides is 1. The van der Waals surface area contributed by atoms with Gasteiger partial charge in [0.15, 0.2) is 0 Å². The summed E-state index contributed by atoms with van der Waals surface area (Å²) in [5.41, 5.74) is 4.20. The summed E-state index contributed by atoms with van der Waals surface area (Å²) >= 11 is 1.43. The van der Waals surface area contributed by atoms with Gasteiger partial charge in [-0.1, -0.05) is 15.9 Å².